The van der Waals surface area contributed by atoms with Crippen LogP contribution in [0.3, 0.4) is 0 Å². The minimum absolute atomic E-state index is 0.0858. The van der Waals surface area contributed by atoms with Crippen LogP contribution in [0.5, 0.6) is 0 Å². The molecule has 0 atom stereocenters. The molecular weight excluding hydrogens is 330 g/mol. The van der Waals surface area contributed by atoms with E-state index in [9.17, 15) is 4.79 Å². The van der Waals surface area contributed by atoms with Crippen molar-refractivity contribution in [1.82, 2.24) is 15.3 Å². The van der Waals surface area contributed by atoms with Gasteiger partial charge in [0.1, 0.15) is 0 Å². The molecule has 0 aliphatic carbocycles. The number of nitrogens with one attached hydrogen (secondary N) is 1. The molecule has 0 bridgehead atoms. The molecule has 0 fully saturated rings. The summed E-state index contributed by atoms with van der Waals surface area (Å²) in [7, 11) is 0. The van der Waals surface area contributed by atoms with Gasteiger partial charge in [-0.3, -0.25) is 9.78 Å². The zero-order chi connectivity index (χ0) is 17.3. The van der Waals surface area contributed by atoms with Gasteiger partial charge in [0.25, 0.3) is 0 Å². The second-order valence-corrected chi connectivity index (χ2v) is 6.75. The van der Waals surface area contributed by atoms with E-state index in [-0.39, 0.29) is 5.91 Å². The third kappa shape index (κ3) is 5.50. The van der Waals surface area contributed by atoms with Crippen molar-refractivity contribution >= 4 is 17.2 Å². The summed E-state index contributed by atoms with van der Waals surface area (Å²) in [5.74, 6) is 0.0858. The standard InChI is InChI=1S/C20H21N3OS/c24-19(22-13-5-7-16-6-4-12-21-14-16)10-11-20-23-18(15-25-20)17-8-2-1-3-9-17/h1-4,6,8-9,12,14-15H,5,7,10-11,13H2,(H,22,24). The highest BCUT2D eigenvalue weighted by molar-refractivity contribution is 7.09. The fraction of sp³-hybridized carbons (Fsp3) is 0.250. The predicted molar refractivity (Wildman–Crippen MR) is 101 cm³/mol. The first-order valence-electron chi connectivity index (χ1n) is 8.47. The molecule has 0 radical (unpaired) electrons. The molecule has 3 rings (SSSR count). The lowest BCUT2D eigenvalue weighted by Gasteiger charge is -2.04. The van der Waals surface area contributed by atoms with E-state index in [4.69, 9.17) is 0 Å². The average molecular weight is 351 g/mol. The maximum atomic E-state index is 12.0. The maximum Gasteiger partial charge on any atom is 0.220 e. The molecule has 1 aromatic carbocycles. The molecular formula is C20H21N3OS. The van der Waals surface area contributed by atoms with E-state index in [1.54, 1.807) is 17.5 Å². The number of benzene rings is 1. The molecule has 0 unspecified atom stereocenters. The number of amides is 1. The fourth-order valence-electron chi connectivity index (χ4n) is 2.54. The molecule has 0 saturated carbocycles. The minimum Gasteiger partial charge on any atom is -0.356 e. The van der Waals surface area contributed by atoms with Crippen LogP contribution in [-0.4, -0.2) is 22.4 Å². The van der Waals surface area contributed by atoms with E-state index in [2.05, 4.69) is 26.7 Å². The largest absolute Gasteiger partial charge is 0.356 e. The summed E-state index contributed by atoms with van der Waals surface area (Å²) in [5, 5.41) is 6.04. The van der Waals surface area contributed by atoms with E-state index >= 15 is 0 Å². The third-order valence-corrected chi connectivity index (χ3v) is 4.78. The highest BCUT2D eigenvalue weighted by Crippen LogP contribution is 2.22. The summed E-state index contributed by atoms with van der Waals surface area (Å²) in [4.78, 5) is 20.7. The van der Waals surface area contributed by atoms with Crippen LogP contribution in [0.4, 0.5) is 0 Å². The Labute approximate surface area is 152 Å². The van der Waals surface area contributed by atoms with Crippen LogP contribution < -0.4 is 5.32 Å². The SMILES string of the molecule is O=C(CCc1nc(-c2ccccc2)cs1)NCCCc1cccnc1. The molecule has 128 valence electrons. The van der Waals surface area contributed by atoms with Gasteiger partial charge in [-0.2, -0.15) is 0 Å². The van der Waals surface area contributed by atoms with Crippen molar-refractivity contribution in [3.63, 3.8) is 0 Å². The van der Waals surface area contributed by atoms with Crippen molar-refractivity contribution in [2.75, 3.05) is 6.54 Å². The van der Waals surface area contributed by atoms with E-state index in [0.717, 1.165) is 29.1 Å². The summed E-state index contributed by atoms with van der Waals surface area (Å²) in [5.41, 5.74) is 3.30. The van der Waals surface area contributed by atoms with Gasteiger partial charge < -0.3 is 5.32 Å². The van der Waals surface area contributed by atoms with Crippen molar-refractivity contribution in [3.05, 3.63) is 70.8 Å². The maximum absolute atomic E-state index is 12.0. The molecule has 0 aliphatic rings. The minimum atomic E-state index is 0.0858. The molecule has 4 nitrogen and oxygen atoms in total. The Morgan fingerprint density at radius 3 is 2.76 bits per heavy atom. The Morgan fingerprint density at radius 1 is 1.08 bits per heavy atom. The van der Waals surface area contributed by atoms with Crippen LogP contribution >= 0.6 is 11.3 Å². The van der Waals surface area contributed by atoms with Gasteiger partial charge in [0.05, 0.1) is 10.7 Å². The van der Waals surface area contributed by atoms with Crippen LogP contribution in [0.15, 0.2) is 60.2 Å². The monoisotopic (exact) mass is 351 g/mol. The zero-order valence-electron chi connectivity index (χ0n) is 14.0. The molecule has 3 aromatic rings. The second-order valence-electron chi connectivity index (χ2n) is 5.81. The normalized spacial score (nSPS) is 10.6. The molecule has 1 N–H and O–H groups in total. The van der Waals surface area contributed by atoms with Gasteiger partial charge in [-0.05, 0) is 24.5 Å². The van der Waals surface area contributed by atoms with Gasteiger partial charge in [-0.15, -0.1) is 11.3 Å². The predicted octanol–water partition coefficient (Wildman–Crippen LogP) is 3.89. The lowest BCUT2D eigenvalue weighted by Crippen LogP contribution is -2.24. The Kier molecular flexibility index (Phi) is 6.29. The van der Waals surface area contributed by atoms with Crippen molar-refractivity contribution in [3.8, 4) is 11.3 Å². The van der Waals surface area contributed by atoms with Crippen LogP contribution in [0, 0.1) is 0 Å². The first-order chi connectivity index (χ1) is 12.3. The van der Waals surface area contributed by atoms with E-state index in [0.29, 0.717) is 19.4 Å². The molecule has 5 heteroatoms. The number of thiazole rings is 1. The lowest BCUT2D eigenvalue weighted by atomic mass is 10.1. The summed E-state index contributed by atoms with van der Waals surface area (Å²) in [6.45, 7) is 0.695. The second kappa shape index (κ2) is 9.08. The van der Waals surface area contributed by atoms with Gasteiger partial charge in [-0.25, -0.2) is 4.98 Å². The van der Waals surface area contributed by atoms with Crippen LogP contribution in [0.2, 0.25) is 0 Å². The summed E-state index contributed by atoms with van der Waals surface area (Å²) >= 11 is 1.61. The number of hydrogen-bond acceptors (Lipinski definition) is 4. The summed E-state index contributed by atoms with van der Waals surface area (Å²) < 4.78 is 0. The average Bonchev–Trinajstić information content (AvgIpc) is 3.14. The molecule has 0 spiro atoms. The molecule has 2 heterocycles. The lowest BCUT2D eigenvalue weighted by molar-refractivity contribution is -0.121. The number of aromatic nitrogens is 2. The van der Waals surface area contributed by atoms with Crippen molar-refractivity contribution in [2.45, 2.75) is 25.7 Å². The smallest absolute Gasteiger partial charge is 0.220 e. The fourth-order valence-corrected chi connectivity index (χ4v) is 3.35. The number of carbonyl (C=O) groups excluding carboxylic acids is 1. The van der Waals surface area contributed by atoms with Crippen molar-refractivity contribution < 1.29 is 4.79 Å². The highest BCUT2D eigenvalue weighted by Gasteiger charge is 2.07. The van der Waals surface area contributed by atoms with Gasteiger partial charge in [0.15, 0.2) is 0 Å². The molecule has 2 aromatic heterocycles. The molecule has 25 heavy (non-hydrogen) atoms. The number of rotatable bonds is 8. The third-order valence-electron chi connectivity index (χ3n) is 3.87. The topological polar surface area (TPSA) is 54.9 Å². The Balaban J connectivity index is 1.37. The van der Waals surface area contributed by atoms with E-state index in [1.807, 2.05) is 42.6 Å². The number of pyridine rings is 1. The molecule has 0 aliphatic heterocycles. The van der Waals surface area contributed by atoms with Gasteiger partial charge in [0, 0.05) is 42.7 Å². The number of hydrogen-bond donors (Lipinski definition) is 1. The van der Waals surface area contributed by atoms with E-state index < -0.39 is 0 Å². The van der Waals surface area contributed by atoms with Gasteiger partial charge in [0.2, 0.25) is 5.91 Å². The first kappa shape index (κ1) is 17.3. The van der Waals surface area contributed by atoms with Crippen LogP contribution in [-0.2, 0) is 17.6 Å². The van der Waals surface area contributed by atoms with E-state index in [1.165, 1.54) is 5.56 Å². The Hall–Kier alpha value is -2.53. The number of nitrogens with zero attached hydrogens (tertiary/aromatic N) is 2. The van der Waals surface area contributed by atoms with Crippen molar-refractivity contribution in [2.24, 2.45) is 0 Å². The quantitative estimate of drug-likeness (QED) is 0.627. The number of carbonyl (C=O) groups is 1. The molecule has 0 saturated heterocycles. The molecule has 1 amide bonds. The summed E-state index contributed by atoms with van der Waals surface area (Å²) in [6.07, 6.45) is 6.66. The van der Waals surface area contributed by atoms with Gasteiger partial charge in [-0.1, -0.05) is 36.4 Å². The van der Waals surface area contributed by atoms with Crippen LogP contribution in [0.1, 0.15) is 23.4 Å². The van der Waals surface area contributed by atoms with Gasteiger partial charge >= 0.3 is 0 Å². The summed E-state index contributed by atoms with van der Waals surface area (Å²) in [6, 6.07) is 14.1. The Bertz CT molecular complexity index is 787. The zero-order valence-corrected chi connectivity index (χ0v) is 14.8. The van der Waals surface area contributed by atoms with Crippen LogP contribution in [0.25, 0.3) is 11.3 Å². The van der Waals surface area contributed by atoms with Crippen molar-refractivity contribution in [1.29, 1.82) is 0 Å². The highest BCUT2D eigenvalue weighted by atomic mass is 32.1. The first-order valence-corrected chi connectivity index (χ1v) is 9.34. The Morgan fingerprint density at radius 2 is 1.96 bits per heavy atom. The number of aryl methyl sites for hydroxylation is 2.